The van der Waals surface area contributed by atoms with Gasteiger partial charge in [0.1, 0.15) is 0 Å². The van der Waals surface area contributed by atoms with Gasteiger partial charge in [0.25, 0.3) is 0 Å². The molecule has 0 unspecified atom stereocenters. The fourth-order valence-corrected chi connectivity index (χ4v) is 1.34. The zero-order valence-corrected chi connectivity index (χ0v) is 9.39. The number of hydrogen-bond acceptors (Lipinski definition) is 3. The van der Waals surface area contributed by atoms with Crippen LogP contribution in [0.25, 0.3) is 0 Å². The van der Waals surface area contributed by atoms with Crippen molar-refractivity contribution >= 4 is 28.9 Å². The Hall–Kier alpha value is -0.711. The molecule has 0 N–H and O–H groups in total. The number of carbonyl (C=O) groups excluding carboxylic acids is 1. The van der Waals surface area contributed by atoms with Crippen LogP contribution >= 0.6 is 0 Å². The quantitative estimate of drug-likeness (QED) is 0.592. The van der Waals surface area contributed by atoms with Gasteiger partial charge in [0, 0.05) is 0 Å². The molecule has 0 heterocycles. The van der Waals surface area contributed by atoms with E-state index in [1.165, 1.54) is 7.11 Å². The summed E-state index contributed by atoms with van der Waals surface area (Å²) in [5.74, 6) is 0.204. The summed E-state index contributed by atoms with van der Waals surface area (Å²) in [6.07, 6.45) is 0. The predicted molar refractivity (Wildman–Crippen MR) is 44.2 cm³/mol. The van der Waals surface area contributed by atoms with Gasteiger partial charge in [-0.3, -0.25) is 0 Å². The zero-order chi connectivity index (χ0) is 8.97. The standard InChI is InChI=1S/C8H8O3.Sn/c1-11-8(10)6-4-2-3-5-7(6)9;/h2-5,9H,1H3;/q;+1/p-1. The molecule has 0 saturated heterocycles. The van der Waals surface area contributed by atoms with Crippen LogP contribution in [0.5, 0.6) is 5.75 Å². The first-order valence-electron chi connectivity index (χ1n) is 3.30. The molecule has 0 fully saturated rings. The first-order valence-corrected chi connectivity index (χ1v) is 4.47. The number of hydrogen-bond donors (Lipinski definition) is 0. The summed E-state index contributed by atoms with van der Waals surface area (Å²) in [5.41, 5.74) is 0.469. The molecule has 0 aliphatic rings. The van der Waals surface area contributed by atoms with E-state index in [-0.39, 0.29) is 5.97 Å². The predicted octanol–water partition coefficient (Wildman–Crippen LogP) is 0.935. The number of esters is 1. The number of rotatable bonds is 2. The van der Waals surface area contributed by atoms with E-state index in [0.717, 1.165) is 22.9 Å². The Bertz CT molecular complexity index is 285. The first kappa shape index (κ1) is 9.38. The monoisotopic (exact) mass is 271 g/mol. The molecule has 0 atom stereocenters. The Balaban J connectivity index is 3.04. The SMILES string of the molecule is COC(=O)c1ccccc1[O][Sn]. The van der Waals surface area contributed by atoms with Crippen LogP contribution in [0.2, 0.25) is 0 Å². The van der Waals surface area contributed by atoms with Gasteiger partial charge in [0.05, 0.1) is 0 Å². The summed E-state index contributed by atoms with van der Waals surface area (Å²) in [7, 11) is 1.35. The molecule has 0 aromatic heterocycles. The van der Waals surface area contributed by atoms with E-state index >= 15 is 0 Å². The Kier molecular flexibility index (Phi) is 3.40. The molecule has 3 nitrogen and oxygen atoms in total. The second kappa shape index (κ2) is 4.35. The van der Waals surface area contributed by atoms with Gasteiger partial charge in [-0.1, -0.05) is 0 Å². The minimum atomic E-state index is -0.368. The molecule has 3 radical (unpaired) electrons. The summed E-state index contributed by atoms with van der Waals surface area (Å²) in [6.45, 7) is 0. The van der Waals surface area contributed by atoms with Gasteiger partial charge in [-0.2, -0.15) is 0 Å². The molecule has 61 valence electrons. The van der Waals surface area contributed by atoms with Crippen LogP contribution in [0.1, 0.15) is 10.4 Å². The van der Waals surface area contributed by atoms with E-state index in [0.29, 0.717) is 11.3 Å². The Morgan fingerprint density at radius 1 is 1.42 bits per heavy atom. The van der Waals surface area contributed by atoms with Gasteiger partial charge in [0.15, 0.2) is 0 Å². The molecule has 12 heavy (non-hydrogen) atoms. The summed E-state index contributed by atoms with van der Waals surface area (Å²) in [5, 5.41) is 0. The molecule has 1 aromatic carbocycles. The van der Waals surface area contributed by atoms with Crippen molar-refractivity contribution < 1.29 is 12.6 Å². The molecule has 0 aliphatic heterocycles. The summed E-state index contributed by atoms with van der Waals surface area (Å²) < 4.78 is 9.63. The van der Waals surface area contributed by atoms with E-state index in [2.05, 4.69) is 4.74 Å². The molecule has 0 saturated carbocycles. The van der Waals surface area contributed by atoms with Gasteiger partial charge in [-0.25, -0.2) is 0 Å². The maximum absolute atomic E-state index is 11.1. The third-order valence-corrected chi connectivity index (χ3v) is 2.03. The van der Waals surface area contributed by atoms with E-state index in [1.807, 2.05) is 6.07 Å². The van der Waals surface area contributed by atoms with Crippen molar-refractivity contribution in [3.63, 3.8) is 0 Å². The second-order valence-electron chi connectivity index (χ2n) is 2.09. The van der Waals surface area contributed by atoms with Crippen LogP contribution < -0.4 is 3.07 Å². The summed E-state index contributed by atoms with van der Waals surface area (Å²) in [6, 6.07) is 6.99. The first-order chi connectivity index (χ1) is 5.79. The molecule has 4 heteroatoms. The van der Waals surface area contributed by atoms with E-state index < -0.39 is 0 Å². The van der Waals surface area contributed by atoms with Crippen LogP contribution in [0.3, 0.4) is 0 Å². The fourth-order valence-electron chi connectivity index (χ4n) is 0.834. The van der Waals surface area contributed by atoms with Gasteiger partial charge < -0.3 is 0 Å². The Morgan fingerprint density at radius 2 is 2.08 bits per heavy atom. The van der Waals surface area contributed by atoms with E-state index in [1.54, 1.807) is 18.2 Å². The normalized spacial score (nSPS) is 9.17. The number of benzene rings is 1. The van der Waals surface area contributed by atoms with Crippen molar-refractivity contribution in [3.05, 3.63) is 29.8 Å². The Labute approximate surface area is 84.3 Å². The maximum atomic E-state index is 11.1. The Morgan fingerprint density at radius 3 is 2.67 bits per heavy atom. The van der Waals surface area contributed by atoms with Gasteiger partial charge in [-0.15, -0.1) is 0 Å². The topological polar surface area (TPSA) is 35.5 Å². The van der Waals surface area contributed by atoms with Gasteiger partial charge in [0.2, 0.25) is 0 Å². The number of carbonyl (C=O) groups is 1. The van der Waals surface area contributed by atoms with E-state index in [4.69, 9.17) is 3.07 Å². The van der Waals surface area contributed by atoms with Crippen LogP contribution in [-0.2, 0) is 4.74 Å². The van der Waals surface area contributed by atoms with Crippen LogP contribution in [0.4, 0.5) is 0 Å². The van der Waals surface area contributed by atoms with Crippen molar-refractivity contribution in [2.24, 2.45) is 0 Å². The van der Waals surface area contributed by atoms with Crippen molar-refractivity contribution in [2.75, 3.05) is 7.11 Å². The average molecular weight is 270 g/mol. The van der Waals surface area contributed by atoms with Crippen LogP contribution in [0, 0.1) is 0 Å². The molecule has 1 aromatic rings. The zero-order valence-electron chi connectivity index (χ0n) is 6.53. The van der Waals surface area contributed by atoms with Crippen molar-refractivity contribution in [1.29, 1.82) is 0 Å². The molecule has 0 spiro atoms. The van der Waals surface area contributed by atoms with Gasteiger partial charge >= 0.3 is 84.2 Å². The molecular formula is C8H7O3Sn. The van der Waals surface area contributed by atoms with Crippen molar-refractivity contribution in [1.82, 2.24) is 0 Å². The molecule has 0 bridgehead atoms. The molecule has 1 rings (SSSR count). The van der Waals surface area contributed by atoms with Crippen LogP contribution in [-0.4, -0.2) is 36.0 Å². The van der Waals surface area contributed by atoms with E-state index in [9.17, 15) is 4.79 Å². The molecular weight excluding hydrogens is 263 g/mol. The average Bonchev–Trinajstić information content (AvgIpc) is 2.16. The molecule has 0 amide bonds. The fraction of sp³-hybridized carbons (Fsp3) is 0.125. The third kappa shape index (κ3) is 1.91. The van der Waals surface area contributed by atoms with Crippen LogP contribution in [0.15, 0.2) is 24.3 Å². The molecule has 0 aliphatic carbocycles. The van der Waals surface area contributed by atoms with Crippen molar-refractivity contribution in [2.45, 2.75) is 0 Å². The summed E-state index contributed by atoms with van der Waals surface area (Å²) >= 11 is 0.900. The number of para-hydroxylation sites is 1. The van der Waals surface area contributed by atoms with Gasteiger partial charge in [-0.05, 0) is 0 Å². The third-order valence-electron chi connectivity index (χ3n) is 1.40. The summed E-state index contributed by atoms with van der Waals surface area (Å²) in [4.78, 5) is 11.1. The van der Waals surface area contributed by atoms with Crippen molar-refractivity contribution in [3.8, 4) is 5.75 Å². The second-order valence-corrected chi connectivity index (χ2v) is 2.67. The number of ether oxygens (including phenoxy) is 1. The minimum absolute atomic E-state index is 0.368. The number of methoxy groups -OCH3 is 1.